The lowest BCUT2D eigenvalue weighted by molar-refractivity contribution is -0.384. The molecule has 1 rings (SSSR count). The normalized spacial score (nSPS) is 10.3. The summed E-state index contributed by atoms with van der Waals surface area (Å²) in [5, 5.41) is 32.4. The Labute approximate surface area is 118 Å². The van der Waals surface area contributed by atoms with Crippen LogP contribution in [-0.2, 0) is 9.59 Å². The van der Waals surface area contributed by atoms with E-state index in [4.69, 9.17) is 10.4 Å². The van der Waals surface area contributed by atoms with Crippen molar-refractivity contribution in [2.75, 3.05) is 11.9 Å². The van der Waals surface area contributed by atoms with E-state index >= 15 is 0 Å². The second-order valence-electron chi connectivity index (χ2n) is 3.70. The van der Waals surface area contributed by atoms with Crippen molar-refractivity contribution in [2.45, 2.75) is 0 Å². The number of aliphatic carboxylic acids is 1. The smallest absolute Gasteiger partial charge is 0.322 e. The molecule has 0 unspecified atom stereocenters. The number of carboxylic acid groups (broad SMARTS) is 1. The summed E-state index contributed by atoms with van der Waals surface area (Å²) in [6.07, 6.45) is 1.04. The summed E-state index contributed by atoms with van der Waals surface area (Å²) in [7, 11) is 0. The van der Waals surface area contributed by atoms with Crippen molar-refractivity contribution in [2.24, 2.45) is 0 Å². The number of carbonyl (C=O) groups is 2. The number of hydrogen-bond acceptors (Lipinski definition) is 6. The molecule has 0 radical (unpaired) electrons. The van der Waals surface area contributed by atoms with Crippen LogP contribution in [0.5, 0.6) is 0 Å². The summed E-state index contributed by atoms with van der Waals surface area (Å²) < 4.78 is 0. The second kappa shape index (κ2) is 7.25. The quantitative estimate of drug-likeness (QED) is 0.301. The number of amides is 1. The molecule has 3 N–H and O–H groups in total. The lowest BCUT2D eigenvalue weighted by atomic mass is 10.2. The molecule has 0 aliphatic carbocycles. The first kappa shape index (κ1) is 15.6. The number of carbonyl (C=O) groups excluding carboxylic acids is 1. The summed E-state index contributed by atoms with van der Waals surface area (Å²) in [5.41, 5.74) is -0.201. The predicted molar refractivity (Wildman–Crippen MR) is 71.1 cm³/mol. The Morgan fingerprint density at radius 3 is 2.76 bits per heavy atom. The summed E-state index contributed by atoms with van der Waals surface area (Å²) >= 11 is 0. The standard InChI is InChI=1S/C12H10N4O5/c13-5-8(12(19)15-7-11(17)18)6-14-9-2-1-3-10(4-9)16(20)21/h1-4,6,14H,7H2,(H,15,19)(H,17,18)/b8-6-. The fourth-order valence-corrected chi connectivity index (χ4v) is 1.26. The van der Waals surface area contributed by atoms with E-state index in [1.54, 1.807) is 6.07 Å². The van der Waals surface area contributed by atoms with Crippen LogP contribution in [0.3, 0.4) is 0 Å². The van der Waals surface area contributed by atoms with E-state index in [2.05, 4.69) is 5.32 Å². The van der Waals surface area contributed by atoms with Gasteiger partial charge in [-0.05, 0) is 6.07 Å². The van der Waals surface area contributed by atoms with Gasteiger partial charge in [0.2, 0.25) is 0 Å². The first-order chi connectivity index (χ1) is 9.93. The first-order valence-corrected chi connectivity index (χ1v) is 5.55. The zero-order valence-electron chi connectivity index (χ0n) is 10.6. The highest BCUT2D eigenvalue weighted by Crippen LogP contribution is 2.17. The third-order valence-electron chi connectivity index (χ3n) is 2.21. The van der Waals surface area contributed by atoms with Gasteiger partial charge in [-0.2, -0.15) is 5.26 Å². The zero-order chi connectivity index (χ0) is 15.8. The molecule has 0 heterocycles. The largest absolute Gasteiger partial charge is 0.480 e. The van der Waals surface area contributed by atoms with Gasteiger partial charge in [-0.3, -0.25) is 19.7 Å². The Kier molecular flexibility index (Phi) is 5.40. The molecule has 0 aliphatic rings. The number of benzene rings is 1. The lowest BCUT2D eigenvalue weighted by Gasteiger charge is -2.03. The van der Waals surface area contributed by atoms with Crippen molar-refractivity contribution >= 4 is 23.3 Å². The van der Waals surface area contributed by atoms with Crippen molar-refractivity contribution in [1.82, 2.24) is 5.32 Å². The van der Waals surface area contributed by atoms with Crippen LogP contribution in [0.1, 0.15) is 0 Å². The summed E-state index contributed by atoms with van der Waals surface area (Å²) in [6.45, 7) is -0.616. The van der Waals surface area contributed by atoms with E-state index in [-0.39, 0.29) is 11.3 Å². The maximum Gasteiger partial charge on any atom is 0.322 e. The van der Waals surface area contributed by atoms with Gasteiger partial charge in [0.15, 0.2) is 0 Å². The van der Waals surface area contributed by atoms with Gasteiger partial charge < -0.3 is 15.7 Å². The highest BCUT2D eigenvalue weighted by molar-refractivity contribution is 5.98. The number of carboxylic acids is 1. The maximum atomic E-state index is 11.5. The number of nitro groups is 1. The molecule has 0 spiro atoms. The molecule has 9 nitrogen and oxygen atoms in total. The topological polar surface area (TPSA) is 145 Å². The van der Waals surface area contributed by atoms with E-state index in [1.165, 1.54) is 24.3 Å². The monoisotopic (exact) mass is 290 g/mol. The maximum absolute atomic E-state index is 11.5. The van der Waals surface area contributed by atoms with E-state index < -0.39 is 23.3 Å². The van der Waals surface area contributed by atoms with Crippen molar-refractivity contribution in [3.8, 4) is 6.07 Å². The summed E-state index contributed by atoms with van der Waals surface area (Å²) in [4.78, 5) is 31.8. The second-order valence-corrected chi connectivity index (χ2v) is 3.70. The molecule has 108 valence electrons. The van der Waals surface area contributed by atoms with Gasteiger partial charge >= 0.3 is 5.97 Å². The minimum Gasteiger partial charge on any atom is -0.480 e. The van der Waals surface area contributed by atoms with Gasteiger partial charge in [-0.1, -0.05) is 6.07 Å². The van der Waals surface area contributed by atoms with Crippen molar-refractivity contribution in [3.63, 3.8) is 0 Å². The van der Waals surface area contributed by atoms with Crippen LogP contribution in [0.15, 0.2) is 36.0 Å². The van der Waals surface area contributed by atoms with Gasteiger partial charge in [0.1, 0.15) is 18.2 Å². The molecule has 0 saturated carbocycles. The van der Waals surface area contributed by atoms with Crippen LogP contribution in [0.25, 0.3) is 0 Å². The third-order valence-corrected chi connectivity index (χ3v) is 2.21. The number of nitrogens with zero attached hydrogens (tertiary/aromatic N) is 2. The molecule has 0 aliphatic heterocycles. The van der Waals surface area contributed by atoms with Crippen LogP contribution in [0.4, 0.5) is 11.4 Å². The molecule has 1 aromatic carbocycles. The molecule has 1 aromatic rings. The Hall–Kier alpha value is -3.41. The third kappa shape index (κ3) is 4.99. The minimum absolute atomic E-state index is 0.151. The van der Waals surface area contributed by atoms with E-state index in [0.29, 0.717) is 5.69 Å². The number of nitriles is 1. The van der Waals surface area contributed by atoms with Crippen LogP contribution in [-0.4, -0.2) is 28.5 Å². The average molecular weight is 290 g/mol. The molecule has 0 bridgehead atoms. The number of rotatable bonds is 6. The summed E-state index contributed by atoms with van der Waals surface area (Å²) in [5.74, 6) is -2.11. The molecule has 0 aromatic heterocycles. The Balaban J connectivity index is 2.79. The van der Waals surface area contributed by atoms with Gasteiger partial charge in [-0.15, -0.1) is 0 Å². The Morgan fingerprint density at radius 2 is 2.19 bits per heavy atom. The number of nitro benzene ring substituents is 1. The molecule has 9 heteroatoms. The number of hydrogen-bond donors (Lipinski definition) is 3. The molecule has 1 amide bonds. The van der Waals surface area contributed by atoms with E-state index in [1.807, 2.05) is 5.32 Å². The highest BCUT2D eigenvalue weighted by atomic mass is 16.6. The summed E-state index contributed by atoms with van der Waals surface area (Å²) in [6, 6.07) is 7.05. The fraction of sp³-hybridized carbons (Fsp3) is 0.0833. The molecule has 21 heavy (non-hydrogen) atoms. The van der Waals surface area contributed by atoms with Crippen LogP contribution in [0, 0.1) is 21.4 Å². The van der Waals surface area contributed by atoms with Crippen molar-refractivity contribution in [1.29, 1.82) is 5.26 Å². The molecule has 0 fully saturated rings. The number of non-ortho nitro benzene ring substituents is 1. The first-order valence-electron chi connectivity index (χ1n) is 5.55. The fourth-order valence-electron chi connectivity index (χ4n) is 1.26. The van der Waals surface area contributed by atoms with Crippen molar-refractivity contribution < 1.29 is 19.6 Å². The van der Waals surface area contributed by atoms with Crippen LogP contribution < -0.4 is 10.6 Å². The van der Waals surface area contributed by atoms with Gasteiger partial charge in [-0.25, -0.2) is 0 Å². The minimum atomic E-state index is -1.24. The molecular formula is C12H10N4O5. The highest BCUT2D eigenvalue weighted by Gasteiger charge is 2.10. The number of anilines is 1. The molecule has 0 saturated heterocycles. The average Bonchev–Trinajstić information content (AvgIpc) is 2.46. The van der Waals surface area contributed by atoms with Crippen LogP contribution in [0.2, 0.25) is 0 Å². The SMILES string of the molecule is N#C/C(=C/Nc1cccc([N+](=O)[O-])c1)C(=O)NCC(=O)O. The van der Waals surface area contributed by atoms with Crippen LogP contribution >= 0.6 is 0 Å². The molecule has 0 atom stereocenters. The number of nitrogens with one attached hydrogen (secondary N) is 2. The van der Waals surface area contributed by atoms with Gasteiger partial charge in [0.25, 0.3) is 11.6 Å². The Bertz CT molecular complexity index is 647. The zero-order valence-corrected chi connectivity index (χ0v) is 10.6. The predicted octanol–water partition coefficient (Wildman–Crippen LogP) is 0.615. The van der Waals surface area contributed by atoms with Gasteiger partial charge in [0, 0.05) is 24.0 Å². The molecular weight excluding hydrogens is 280 g/mol. The van der Waals surface area contributed by atoms with E-state index in [9.17, 15) is 19.7 Å². The Morgan fingerprint density at radius 1 is 1.48 bits per heavy atom. The van der Waals surface area contributed by atoms with Gasteiger partial charge in [0.05, 0.1) is 4.92 Å². The van der Waals surface area contributed by atoms with Crippen molar-refractivity contribution in [3.05, 3.63) is 46.2 Å². The van der Waals surface area contributed by atoms with E-state index in [0.717, 1.165) is 6.20 Å². The lowest BCUT2D eigenvalue weighted by Crippen LogP contribution is -2.30.